The van der Waals surface area contributed by atoms with Gasteiger partial charge in [-0.15, -0.1) is 0 Å². The molecule has 0 bridgehead atoms. The van der Waals surface area contributed by atoms with Crippen molar-refractivity contribution in [2.24, 2.45) is 0 Å². The van der Waals surface area contributed by atoms with Crippen LogP contribution in [0.4, 0.5) is 5.69 Å². The van der Waals surface area contributed by atoms with Gasteiger partial charge >= 0.3 is 0 Å². The number of carbonyl (C=O) groups is 1. The van der Waals surface area contributed by atoms with E-state index < -0.39 is 0 Å². The number of thioether (sulfide) groups is 1. The number of carbonyl (C=O) groups excluding carboxylic acids is 1. The minimum absolute atomic E-state index is 0.110. The number of nitrogens with zero attached hydrogens (tertiary/aromatic N) is 1. The Morgan fingerprint density at radius 3 is 2.59 bits per heavy atom. The molecule has 2 aromatic rings. The Morgan fingerprint density at radius 2 is 1.86 bits per heavy atom. The third-order valence-corrected chi connectivity index (χ3v) is 5.85. The summed E-state index contributed by atoms with van der Waals surface area (Å²) in [5, 5.41) is 0. The van der Waals surface area contributed by atoms with E-state index in [0.29, 0.717) is 21.6 Å². The average Bonchev–Trinajstić information content (AvgIpc) is 3.02. The lowest BCUT2D eigenvalue weighted by molar-refractivity contribution is -0.113. The molecule has 2 aromatic carbocycles. The van der Waals surface area contributed by atoms with Gasteiger partial charge in [0.05, 0.1) is 24.3 Å². The van der Waals surface area contributed by atoms with Crippen LogP contribution in [0.1, 0.15) is 38.2 Å². The molecule has 4 nitrogen and oxygen atoms in total. The monoisotopic (exact) mass is 427 g/mol. The minimum Gasteiger partial charge on any atom is -0.493 e. The second-order valence-corrected chi connectivity index (χ2v) is 8.35. The van der Waals surface area contributed by atoms with E-state index in [1.54, 1.807) is 12.0 Å². The highest BCUT2D eigenvalue weighted by molar-refractivity contribution is 8.27. The number of hydrogen-bond acceptors (Lipinski definition) is 5. The third-order valence-electron chi connectivity index (χ3n) is 4.55. The molecule has 0 aliphatic carbocycles. The molecule has 3 rings (SSSR count). The Kier molecular flexibility index (Phi) is 7.72. The van der Waals surface area contributed by atoms with Crippen LogP contribution in [0.25, 0.3) is 6.08 Å². The molecule has 0 N–H and O–H groups in total. The van der Waals surface area contributed by atoms with E-state index in [9.17, 15) is 4.79 Å². The molecule has 6 heteroatoms. The first-order valence-electron chi connectivity index (χ1n) is 9.78. The summed E-state index contributed by atoms with van der Waals surface area (Å²) in [6.07, 6.45) is 6.46. The lowest BCUT2D eigenvalue weighted by Crippen LogP contribution is -2.27. The third kappa shape index (κ3) is 5.40. The smallest absolute Gasteiger partial charge is 0.270 e. The molecule has 1 saturated heterocycles. The first-order valence-corrected chi connectivity index (χ1v) is 11.0. The van der Waals surface area contributed by atoms with Crippen LogP contribution in [0.15, 0.2) is 53.4 Å². The first kappa shape index (κ1) is 21.4. The molecular formula is C23H25NO3S2. The lowest BCUT2D eigenvalue weighted by atomic mass is 10.1. The van der Waals surface area contributed by atoms with Gasteiger partial charge in [-0.05, 0) is 42.3 Å². The quantitative estimate of drug-likeness (QED) is 0.276. The Morgan fingerprint density at radius 1 is 1.07 bits per heavy atom. The summed E-state index contributed by atoms with van der Waals surface area (Å²) in [5.74, 6) is 1.27. The molecular weight excluding hydrogens is 402 g/mol. The number of rotatable bonds is 9. The van der Waals surface area contributed by atoms with Gasteiger partial charge in [0.25, 0.3) is 5.91 Å². The van der Waals surface area contributed by atoms with Gasteiger partial charge in [-0.25, -0.2) is 0 Å². The van der Waals surface area contributed by atoms with Crippen molar-refractivity contribution >= 4 is 46.0 Å². The molecule has 0 atom stereocenters. The molecule has 0 spiro atoms. The van der Waals surface area contributed by atoms with Crippen LogP contribution in [0.2, 0.25) is 0 Å². The number of unbranched alkanes of at least 4 members (excludes halogenated alkanes) is 3. The Bertz CT molecular complexity index is 896. The van der Waals surface area contributed by atoms with Gasteiger partial charge in [-0.1, -0.05) is 74.4 Å². The number of benzene rings is 2. The van der Waals surface area contributed by atoms with E-state index in [2.05, 4.69) is 6.92 Å². The van der Waals surface area contributed by atoms with E-state index in [4.69, 9.17) is 21.7 Å². The summed E-state index contributed by atoms with van der Waals surface area (Å²) in [6, 6.07) is 15.2. The summed E-state index contributed by atoms with van der Waals surface area (Å²) >= 11 is 6.73. The van der Waals surface area contributed by atoms with Crippen LogP contribution < -0.4 is 14.4 Å². The molecule has 0 saturated carbocycles. The number of methoxy groups -OCH3 is 1. The molecule has 1 aliphatic rings. The van der Waals surface area contributed by atoms with E-state index in [1.807, 2.05) is 54.6 Å². The van der Waals surface area contributed by atoms with E-state index in [-0.39, 0.29) is 5.91 Å². The molecule has 1 amide bonds. The van der Waals surface area contributed by atoms with Crippen molar-refractivity contribution in [3.63, 3.8) is 0 Å². The van der Waals surface area contributed by atoms with Gasteiger partial charge in [0.1, 0.15) is 0 Å². The fraction of sp³-hybridized carbons (Fsp3) is 0.304. The summed E-state index contributed by atoms with van der Waals surface area (Å²) in [5.41, 5.74) is 1.65. The average molecular weight is 428 g/mol. The van der Waals surface area contributed by atoms with Gasteiger partial charge in [0.2, 0.25) is 0 Å². The van der Waals surface area contributed by atoms with Crippen LogP contribution in [-0.2, 0) is 4.79 Å². The largest absolute Gasteiger partial charge is 0.493 e. The van der Waals surface area contributed by atoms with E-state index in [1.165, 1.54) is 31.0 Å². The second kappa shape index (κ2) is 10.5. The number of hydrogen-bond donors (Lipinski definition) is 0. The lowest BCUT2D eigenvalue weighted by Gasteiger charge is -2.14. The maximum absolute atomic E-state index is 12.9. The highest BCUT2D eigenvalue weighted by atomic mass is 32.2. The maximum atomic E-state index is 12.9. The summed E-state index contributed by atoms with van der Waals surface area (Å²) in [7, 11) is 1.62. The van der Waals surface area contributed by atoms with Crippen LogP contribution in [0.3, 0.4) is 0 Å². The molecule has 1 heterocycles. The molecule has 29 heavy (non-hydrogen) atoms. The zero-order valence-corrected chi connectivity index (χ0v) is 18.4. The number of para-hydroxylation sites is 1. The Labute approximate surface area is 181 Å². The number of ether oxygens (including phenoxy) is 2. The summed E-state index contributed by atoms with van der Waals surface area (Å²) < 4.78 is 11.9. The van der Waals surface area contributed by atoms with Crippen LogP contribution in [0.5, 0.6) is 11.5 Å². The number of thiocarbonyl (C=S) groups is 1. The molecule has 0 unspecified atom stereocenters. The fourth-order valence-corrected chi connectivity index (χ4v) is 4.32. The number of anilines is 1. The highest BCUT2D eigenvalue weighted by Crippen LogP contribution is 2.37. The van der Waals surface area contributed by atoms with Gasteiger partial charge in [0, 0.05) is 0 Å². The van der Waals surface area contributed by atoms with Crippen molar-refractivity contribution < 1.29 is 14.3 Å². The zero-order chi connectivity index (χ0) is 20.6. The minimum atomic E-state index is -0.110. The van der Waals surface area contributed by atoms with Gasteiger partial charge < -0.3 is 9.47 Å². The number of amides is 1. The Hall–Kier alpha value is -2.31. The van der Waals surface area contributed by atoms with Crippen molar-refractivity contribution in [3.8, 4) is 11.5 Å². The normalized spacial score (nSPS) is 15.2. The Balaban J connectivity index is 1.73. The van der Waals surface area contributed by atoms with Crippen molar-refractivity contribution in [1.29, 1.82) is 0 Å². The van der Waals surface area contributed by atoms with E-state index in [0.717, 1.165) is 23.4 Å². The SMILES string of the molecule is CCCCCCOc1ccc(/C=C2\SC(=S)N(c3ccccc3)C2=O)cc1OC. The standard InChI is InChI=1S/C23H25NO3S2/c1-3-4-5-9-14-27-19-13-12-17(15-20(19)26-2)16-21-22(25)24(23(28)29-21)18-10-7-6-8-11-18/h6-8,10-13,15-16H,3-5,9,14H2,1-2H3/b21-16-. The molecule has 0 aromatic heterocycles. The second-order valence-electron chi connectivity index (χ2n) is 6.67. The van der Waals surface area contributed by atoms with Crippen LogP contribution >= 0.6 is 24.0 Å². The van der Waals surface area contributed by atoms with E-state index >= 15 is 0 Å². The topological polar surface area (TPSA) is 38.8 Å². The fourth-order valence-electron chi connectivity index (χ4n) is 3.02. The van der Waals surface area contributed by atoms with Crippen LogP contribution in [-0.4, -0.2) is 23.9 Å². The summed E-state index contributed by atoms with van der Waals surface area (Å²) in [6.45, 7) is 2.86. The van der Waals surface area contributed by atoms with Crippen molar-refractivity contribution in [1.82, 2.24) is 0 Å². The molecule has 152 valence electrons. The highest BCUT2D eigenvalue weighted by Gasteiger charge is 2.33. The predicted molar refractivity (Wildman–Crippen MR) is 125 cm³/mol. The maximum Gasteiger partial charge on any atom is 0.270 e. The zero-order valence-electron chi connectivity index (χ0n) is 16.7. The molecule has 0 radical (unpaired) electrons. The van der Waals surface area contributed by atoms with Crippen molar-refractivity contribution in [2.45, 2.75) is 32.6 Å². The van der Waals surface area contributed by atoms with Crippen LogP contribution in [0, 0.1) is 0 Å². The van der Waals surface area contributed by atoms with Crippen molar-refractivity contribution in [2.75, 3.05) is 18.6 Å². The van der Waals surface area contributed by atoms with Gasteiger partial charge in [0.15, 0.2) is 15.8 Å². The summed E-state index contributed by atoms with van der Waals surface area (Å²) in [4.78, 5) is 15.0. The first-order chi connectivity index (χ1) is 14.1. The molecule has 1 aliphatic heterocycles. The predicted octanol–water partition coefficient (Wildman–Crippen LogP) is 6.06. The van der Waals surface area contributed by atoms with Gasteiger partial charge in [-0.2, -0.15) is 0 Å². The molecule has 1 fully saturated rings. The van der Waals surface area contributed by atoms with Crippen molar-refractivity contribution in [3.05, 3.63) is 59.0 Å². The van der Waals surface area contributed by atoms with Gasteiger partial charge in [-0.3, -0.25) is 9.69 Å².